The number of pyridine rings is 1. The van der Waals surface area contributed by atoms with Crippen LogP contribution in [-0.4, -0.2) is 34.8 Å². The molecule has 5 heteroatoms. The van der Waals surface area contributed by atoms with Gasteiger partial charge in [-0.25, -0.2) is 4.98 Å². The molecule has 1 unspecified atom stereocenters. The number of anilines is 1. The van der Waals surface area contributed by atoms with Crippen LogP contribution in [0.3, 0.4) is 0 Å². The maximum atomic E-state index is 12.1. The van der Waals surface area contributed by atoms with E-state index in [2.05, 4.69) is 10.3 Å². The van der Waals surface area contributed by atoms with E-state index in [9.17, 15) is 9.59 Å². The molecule has 1 saturated heterocycles. The van der Waals surface area contributed by atoms with Crippen LogP contribution >= 0.6 is 0 Å². The van der Waals surface area contributed by atoms with Gasteiger partial charge in [-0.2, -0.15) is 0 Å². The summed E-state index contributed by atoms with van der Waals surface area (Å²) in [5.41, 5.74) is 1.05. The SMILES string of the molecule is CC(=O)N1CCCC(C(=O)Nc2ccc(C)cn2)C1. The van der Waals surface area contributed by atoms with Crippen molar-refractivity contribution in [3.05, 3.63) is 23.9 Å². The molecule has 0 bridgehead atoms. The zero-order chi connectivity index (χ0) is 13.8. The highest BCUT2D eigenvalue weighted by atomic mass is 16.2. The second-order valence-electron chi connectivity index (χ2n) is 5.01. The van der Waals surface area contributed by atoms with E-state index in [-0.39, 0.29) is 17.7 Å². The Hall–Kier alpha value is -1.91. The predicted molar refractivity (Wildman–Crippen MR) is 72.6 cm³/mol. The minimum Gasteiger partial charge on any atom is -0.342 e. The Labute approximate surface area is 113 Å². The Kier molecular flexibility index (Phi) is 4.14. The molecule has 1 N–H and O–H groups in total. The van der Waals surface area contributed by atoms with Crippen molar-refractivity contribution >= 4 is 17.6 Å². The van der Waals surface area contributed by atoms with Crippen LogP contribution in [-0.2, 0) is 9.59 Å². The van der Waals surface area contributed by atoms with E-state index in [0.717, 1.165) is 24.9 Å². The van der Waals surface area contributed by atoms with Crippen molar-refractivity contribution in [2.24, 2.45) is 5.92 Å². The predicted octanol–water partition coefficient (Wildman–Crippen LogP) is 1.59. The maximum Gasteiger partial charge on any atom is 0.230 e. The van der Waals surface area contributed by atoms with Crippen LogP contribution in [0.15, 0.2) is 18.3 Å². The summed E-state index contributed by atoms with van der Waals surface area (Å²) in [5.74, 6) is 0.407. The molecule has 0 aliphatic carbocycles. The van der Waals surface area contributed by atoms with E-state index < -0.39 is 0 Å². The van der Waals surface area contributed by atoms with Crippen molar-refractivity contribution in [1.82, 2.24) is 9.88 Å². The highest BCUT2D eigenvalue weighted by molar-refractivity contribution is 5.92. The number of aromatic nitrogens is 1. The highest BCUT2D eigenvalue weighted by Gasteiger charge is 2.27. The summed E-state index contributed by atoms with van der Waals surface area (Å²) in [4.78, 5) is 29.4. The number of carbonyl (C=O) groups is 2. The van der Waals surface area contributed by atoms with Crippen molar-refractivity contribution in [2.45, 2.75) is 26.7 Å². The number of amides is 2. The first-order valence-corrected chi connectivity index (χ1v) is 6.55. The highest BCUT2D eigenvalue weighted by Crippen LogP contribution is 2.18. The largest absolute Gasteiger partial charge is 0.342 e. The third-order valence-electron chi connectivity index (χ3n) is 3.40. The fraction of sp³-hybridized carbons (Fsp3) is 0.500. The molecule has 2 amide bonds. The van der Waals surface area contributed by atoms with Crippen LogP contribution in [0, 0.1) is 12.8 Å². The van der Waals surface area contributed by atoms with Gasteiger partial charge in [0.1, 0.15) is 5.82 Å². The number of nitrogens with one attached hydrogen (secondary N) is 1. The molecule has 1 aliphatic heterocycles. The number of rotatable bonds is 2. The van der Waals surface area contributed by atoms with Crippen LogP contribution in [0.4, 0.5) is 5.82 Å². The number of aryl methyl sites for hydroxylation is 1. The van der Waals surface area contributed by atoms with Crippen molar-refractivity contribution in [2.75, 3.05) is 18.4 Å². The van der Waals surface area contributed by atoms with Crippen LogP contribution in [0.5, 0.6) is 0 Å². The molecule has 0 radical (unpaired) electrons. The average Bonchev–Trinajstić information content (AvgIpc) is 2.41. The number of carbonyl (C=O) groups excluding carboxylic acids is 2. The molecule has 0 aromatic carbocycles. The van der Waals surface area contributed by atoms with Gasteiger partial charge in [0.15, 0.2) is 0 Å². The lowest BCUT2D eigenvalue weighted by Gasteiger charge is -2.31. The van der Waals surface area contributed by atoms with E-state index in [1.807, 2.05) is 13.0 Å². The first-order valence-electron chi connectivity index (χ1n) is 6.55. The number of nitrogens with zero attached hydrogens (tertiary/aromatic N) is 2. The molecule has 1 aliphatic rings. The molecule has 0 spiro atoms. The molecule has 1 fully saturated rings. The molecular formula is C14H19N3O2. The standard InChI is InChI=1S/C14H19N3O2/c1-10-5-6-13(15-8-10)16-14(19)12-4-3-7-17(9-12)11(2)18/h5-6,8,12H,3-4,7,9H2,1-2H3,(H,15,16,19). The molecule has 1 aromatic heterocycles. The third kappa shape index (κ3) is 3.53. The molecule has 1 atom stereocenters. The molecular weight excluding hydrogens is 242 g/mol. The Bertz CT molecular complexity index is 470. The number of likely N-dealkylation sites (tertiary alicyclic amines) is 1. The molecule has 102 valence electrons. The van der Waals surface area contributed by atoms with E-state index in [0.29, 0.717) is 12.4 Å². The zero-order valence-corrected chi connectivity index (χ0v) is 11.3. The van der Waals surface area contributed by atoms with Gasteiger partial charge in [0.2, 0.25) is 11.8 Å². The van der Waals surface area contributed by atoms with Gasteiger partial charge < -0.3 is 10.2 Å². The monoisotopic (exact) mass is 261 g/mol. The lowest BCUT2D eigenvalue weighted by molar-refractivity contribution is -0.132. The summed E-state index contributed by atoms with van der Waals surface area (Å²) in [6.45, 7) is 4.75. The van der Waals surface area contributed by atoms with E-state index in [1.54, 1.807) is 24.1 Å². The lowest BCUT2D eigenvalue weighted by Crippen LogP contribution is -2.42. The molecule has 5 nitrogen and oxygen atoms in total. The molecule has 2 rings (SSSR count). The second-order valence-corrected chi connectivity index (χ2v) is 5.01. The van der Waals surface area contributed by atoms with Gasteiger partial charge in [0.25, 0.3) is 0 Å². The fourth-order valence-corrected chi connectivity index (χ4v) is 2.25. The van der Waals surface area contributed by atoms with Crippen LogP contribution in [0.25, 0.3) is 0 Å². The van der Waals surface area contributed by atoms with Crippen LogP contribution < -0.4 is 5.32 Å². The van der Waals surface area contributed by atoms with Crippen molar-refractivity contribution in [3.8, 4) is 0 Å². The summed E-state index contributed by atoms with van der Waals surface area (Å²) >= 11 is 0. The minimum atomic E-state index is -0.138. The van der Waals surface area contributed by atoms with Gasteiger partial charge in [0, 0.05) is 26.2 Å². The first kappa shape index (κ1) is 13.5. The Morgan fingerprint density at radius 1 is 1.42 bits per heavy atom. The van der Waals surface area contributed by atoms with Gasteiger partial charge in [-0.05, 0) is 31.4 Å². The minimum absolute atomic E-state index is 0.0333. The van der Waals surface area contributed by atoms with E-state index in [4.69, 9.17) is 0 Å². The Morgan fingerprint density at radius 3 is 2.84 bits per heavy atom. The Morgan fingerprint density at radius 2 is 2.21 bits per heavy atom. The van der Waals surface area contributed by atoms with Crippen LogP contribution in [0.1, 0.15) is 25.3 Å². The molecule has 2 heterocycles. The summed E-state index contributed by atoms with van der Waals surface area (Å²) in [6.07, 6.45) is 3.42. The quantitative estimate of drug-likeness (QED) is 0.879. The second kappa shape index (κ2) is 5.82. The lowest BCUT2D eigenvalue weighted by atomic mass is 9.97. The Balaban J connectivity index is 1.96. The third-order valence-corrected chi connectivity index (χ3v) is 3.40. The zero-order valence-electron chi connectivity index (χ0n) is 11.3. The first-order chi connectivity index (χ1) is 9.06. The molecule has 0 saturated carbocycles. The van der Waals surface area contributed by atoms with Gasteiger partial charge in [0.05, 0.1) is 5.92 Å². The van der Waals surface area contributed by atoms with Crippen molar-refractivity contribution in [3.63, 3.8) is 0 Å². The molecule has 19 heavy (non-hydrogen) atoms. The van der Waals surface area contributed by atoms with Gasteiger partial charge in [-0.3, -0.25) is 9.59 Å². The van der Waals surface area contributed by atoms with Crippen molar-refractivity contribution in [1.29, 1.82) is 0 Å². The molecule has 1 aromatic rings. The average molecular weight is 261 g/mol. The summed E-state index contributed by atoms with van der Waals surface area (Å²) in [5, 5.41) is 2.81. The van der Waals surface area contributed by atoms with E-state index >= 15 is 0 Å². The normalized spacial score (nSPS) is 19.1. The van der Waals surface area contributed by atoms with Gasteiger partial charge in [-0.1, -0.05) is 6.07 Å². The summed E-state index contributed by atoms with van der Waals surface area (Å²) in [7, 11) is 0. The topological polar surface area (TPSA) is 62.3 Å². The number of hydrogen-bond donors (Lipinski definition) is 1. The van der Waals surface area contributed by atoms with Crippen molar-refractivity contribution < 1.29 is 9.59 Å². The summed E-state index contributed by atoms with van der Waals surface area (Å²) < 4.78 is 0. The van der Waals surface area contributed by atoms with Gasteiger partial charge >= 0.3 is 0 Å². The van der Waals surface area contributed by atoms with Crippen LogP contribution in [0.2, 0.25) is 0 Å². The summed E-state index contributed by atoms with van der Waals surface area (Å²) in [6, 6.07) is 3.70. The van der Waals surface area contributed by atoms with Gasteiger partial charge in [-0.15, -0.1) is 0 Å². The maximum absolute atomic E-state index is 12.1. The number of hydrogen-bond acceptors (Lipinski definition) is 3. The fourth-order valence-electron chi connectivity index (χ4n) is 2.25. The van der Waals surface area contributed by atoms with E-state index in [1.165, 1.54) is 0 Å². The smallest absolute Gasteiger partial charge is 0.230 e. The number of piperidine rings is 1.